The molecule has 1 heterocycles. The van der Waals surface area contributed by atoms with E-state index in [1.165, 1.54) is 6.42 Å². The number of hydrogen-bond acceptors (Lipinski definition) is 5. The number of anilines is 2. The molecule has 1 aromatic rings. The minimum atomic E-state index is -3.40. The van der Waals surface area contributed by atoms with Crippen LogP contribution in [-0.2, 0) is 10.0 Å². The molecule has 1 saturated carbocycles. The van der Waals surface area contributed by atoms with Crippen LogP contribution in [-0.4, -0.2) is 21.0 Å². The van der Waals surface area contributed by atoms with Crippen LogP contribution in [0.4, 0.5) is 11.4 Å². The van der Waals surface area contributed by atoms with Gasteiger partial charge < -0.3 is 15.2 Å². The third-order valence-electron chi connectivity index (χ3n) is 3.99. The first-order valence-electron chi connectivity index (χ1n) is 7.23. The second-order valence-corrected chi connectivity index (χ2v) is 7.45. The van der Waals surface area contributed by atoms with Crippen molar-refractivity contribution in [2.45, 2.75) is 32.1 Å². The molecule has 6 nitrogen and oxygen atoms in total. The van der Waals surface area contributed by atoms with Crippen LogP contribution in [0.2, 0.25) is 0 Å². The standard InChI is InChI=1S/C14H20N2O4S/c15-11-6-13-14(20-9-19-13)7-12(11)16-21(17,18)8-10-4-2-1-3-5-10/h6-7,10,16H,1-5,8-9,15H2. The number of nitrogen functional groups attached to an aromatic ring is 1. The fourth-order valence-electron chi connectivity index (χ4n) is 2.92. The molecule has 116 valence electrons. The van der Waals surface area contributed by atoms with E-state index >= 15 is 0 Å². The highest BCUT2D eigenvalue weighted by Crippen LogP contribution is 2.38. The van der Waals surface area contributed by atoms with Crippen LogP contribution >= 0.6 is 0 Å². The molecule has 1 aromatic carbocycles. The lowest BCUT2D eigenvalue weighted by Gasteiger charge is -2.21. The molecule has 0 bridgehead atoms. The molecule has 1 aliphatic heterocycles. The molecule has 21 heavy (non-hydrogen) atoms. The maximum Gasteiger partial charge on any atom is 0.233 e. The molecule has 0 aromatic heterocycles. The highest BCUT2D eigenvalue weighted by atomic mass is 32.2. The zero-order chi connectivity index (χ0) is 14.9. The number of hydrogen-bond donors (Lipinski definition) is 2. The monoisotopic (exact) mass is 312 g/mol. The molecule has 1 aliphatic carbocycles. The number of benzene rings is 1. The van der Waals surface area contributed by atoms with Crippen molar-refractivity contribution < 1.29 is 17.9 Å². The van der Waals surface area contributed by atoms with Gasteiger partial charge in [0.25, 0.3) is 0 Å². The van der Waals surface area contributed by atoms with Gasteiger partial charge in [-0.05, 0) is 18.8 Å². The Morgan fingerprint density at radius 2 is 1.81 bits per heavy atom. The first kappa shape index (κ1) is 14.3. The summed E-state index contributed by atoms with van der Waals surface area (Å²) in [4.78, 5) is 0. The summed E-state index contributed by atoms with van der Waals surface area (Å²) in [6, 6.07) is 3.16. The van der Waals surface area contributed by atoms with E-state index in [4.69, 9.17) is 15.2 Å². The summed E-state index contributed by atoms with van der Waals surface area (Å²) in [5.74, 6) is 1.45. The Labute approximate surface area is 124 Å². The van der Waals surface area contributed by atoms with E-state index < -0.39 is 10.0 Å². The third-order valence-corrected chi connectivity index (χ3v) is 5.43. The summed E-state index contributed by atoms with van der Waals surface area (Å²) in [6.07, 6.45) is 5.41. The van der Waals surface area contributed by atoms with E-state index in [9.17, 15) is 8.42 Å². The summed E-state index contributed by atoms with van der Waals surface area (Å²) >= 11 is 0. The van der Waals surface area contributed by atoms with Gasteiger partial charge in [0.1, 0.15) is 0 Å². The quantitative estimate of drug-likeness (QED) is 0.833. The molecule has 1 fully saturated rings. The fraction of sp³-hybridized carbons (Fsp3) is 0.571. The number of nitrogens with one attached hydrogen (secondary N) is 1. The van der Waals surface area contributed by atoms with Crippen molar-refractivity contribution in [3.63, 3.8) is 0 Å². The van der Waals surface area contributed by atoms with Crippen LogP contribution in [0.15, 0.2) is 12.1 Å². The lowest BCUT2D eigenvalue weighted by Crippen LogP contribution is -2.24. The molecule has 0 radical (unpaired) electrons. The zero-order valence-electron chi connectivity index (χ0n) is 11.8. The number of rotatable bonds is 4. The Hall–Kier alpha value is -1.63. The maximum absolute atomic E-state index is 12.3. The molecular formula is C14H20N2O4S. The van der Waals surface area contributed by atoms with Crippen LogP contribution in [0.1, 0.15) is 32.1 Å². The number of nitrogens with two attached hydrogens (primary N) is 1. The lowest BCUT2D eigenvalue weighted by molar-refractivity contribution is 0.174. The van der Waals surface area contributed by atoms with Crippen LogP contribution in [0.3, 0.4) is 0 Å². The molecule has 7 heteroatoms. The summed E-state index contributed by atoms with van der Waals surface area (Å²) in [5.41, 5.74) is 6.57. The summed E-state index contributed by atoms with van der Waals surface area (Å²) in [6.45, 7) is 0.132. The highest BCUT2D eigenvalue weighted by Gasteiger charge is 2.23. The van der Waals surface area contributed by atoms with E-state index in [0.717, 1.165) is 25.7 Å². The average Bonchev–Trinajstić information content (AvgIpc) is 2.86. The molecule has 0 spiro atoms. The van der Waals surface area contributed by atoms with E-state index in [1.807, 2.05) is 0 Å². The summed E-state index contributed by atoms with van der Waals surface area (Å²) in [5, 5.41) is 0. The fourth-order valence-corrected chi connectivity index (χ4v) is 4.47. The average molecular weight is 312 g/mol. The normalized spacial score (nSPS) is 18.7. The van der Waals surface area contributed by atoms with Gasteiger partial charge >= 0.3 is 0 Å². The minimum Gasteiger partial charge on any atom is -0.454 e. The SMILES string of the molecule is Nc1cc2c(cc1NS(=O)(=O)CC1CCCCC1)OCO2. The molecule has 3 N–H and O–H groups in total. The van der Waals surface area contributed by atoms with Crippen LogP contribution in [0, 0.1) is 5.92 Å². The second kappa shape index (κ2) is 5.63. The van der Waals surface area contributed by atoms with Crippen LogP contribution < -0.4 is 19.9 Å². The molecule has 0 amide bonds. The first-order chi connectivity index (χ1) is 10.0. The van der Waals surface area contributed by atoms with Gasteiger partial charge in [0.2, 0.25) is 16.8 Å². The van der Waals surface area contributed by atoms with Crippen molar-refractivity contribution >= 4 is 21.4 Å². The first-order valence-corrected chi connectivity index (χ1v) is 8.88. The van der Waals surface area contributed by atoms with Crippen molar-refractivity contribution in [3.05, 3.63) is 12.1 Å². The van der Waals surface area contributed by atoms with Gasteiger partial charge in [-0.3, -0.25) is 4.72 Å². The third kappa shape index (κ3) is 3.34. The Balaban J connectivity index is 1.73. The predicted octanol–water partition coefficient (Wildman–Crippen LogP) is 2.32. The van der Waals surface area contributed by atoms with Crippen molar-refractivity contribution in [3.8, 4) is 11.5 Å². The Morgan fingerprint density at radius 1 is 1.14 bits per heavy atom. The molecule has 3 rings (SSSR count). The smallest absolute Gasteiger partial charge is 0.233 e. The molecule has 0 saturated heterocycles. The van der Waals surface area contributed by atoms with Gasteiger partial charge in [0, 0.05) is 12.1 Å². The van der Waals surface area contributed by atoms with Crippen molar-refractivity contribution in [1.82, 2.24) is 0 Å². The maximum atomic E-state index is 12.3. The Morgan fingerprint density at radius 3 is 2.52 bits per heavy atom. The van der Waals surface area contributed by atoms with Gasteiger partial charge in [-0.15, -0.1) is 0 Å². The Bertz CT molecular complexity index is 624. The van der Waals surface area contributed by atoms with Crippen LogP contribution in [0.25, 0.3) is 0 Å². The van der Waals surface area contributed by atoms with Gasteiger partial charge in [-0.1, -0.05) is 19.3 Å². The summed E-state index contributed by atoms with van der Waals surface area (Å²) < 4.78 is 37.6. The van der Waals surface area contributed by atoms with E-state index in [-0.39, 0.29) is 18.5 Å². The molecular weight excluding hydrogens is 292 g/mol. The highest BCUT2D eigenvalue weighted by molar-refractivity contribution is 7.92. The molecule has 2 aliphatic rings. The predicted molar refractivity (Wildman–Crippen MR) is 81.0 cm³/mol. The topological polar surface area (TPSA) is 90.7 Å². The number of sulfonamides is 1. The largest absolute Gasteiger partial charge is 0.454 e. The van der Waals surface area contributed by atoms with Gasteiger partial charge in [0.15, 0.2) is 11.5 Å². The van der Waals surface area contributed by atoms with E-state index in [2.05, 4.69) is 4.72 Å². The molecule has 0 unspecified atom stereocenters. The second-order valence-electron chi connectivity index (χ2n) is 5.68. The summed E-state index contributed by atoms with van der Waals surface area (Å²) in [7, 11) is -3.40. The number of ether oxygens (including phenoxy) is 2. The van der Waals surface area contributed by atoms with Crippen molar-refractivity contribution in [2.24, 2.45) is 5.92 Å². The van der Waals surface area contributed by atoms with Crippen LogP contribution in [0.5, 0.6) is 11.5 Å². The molecule has 0 atom stereocenters. The lowest BCUT2D eigenvalue weighted by atomic mass is 9.91. The van der Waals surface area contributed by atoms with E-state index in [1.54, 1.807) is 12.1 Å². The van der Waals surface area contributed by atoms with Gasteiger partial charge in [0.05, 0.1) is 17.1 Å². The zero-order valence-corrected chi connectivity index (χ0v) is 12.6. The van der Waals surface area contributed by atoms with Gasteiger partial charge in [-0.2, -0.15) is 0 Å². The number of fused-ring (bicyclic) bond motifs is 1. The van der Waals surface area contributed by atoms with E-state index in [0.29, 0.717) is 22.9 Å². The minimum absolute atomic E-state index is 0.132. The van der Waals surface area contributed by atoms with Crippen molar-refractivity contribution in [1.29, 1.82) is 0 Å². The Kier molecular flexibility index (Phi) is 3.84. The van der Waals surface area contributed by atoms with Crippen molar-refractivity contribution in [2.75, 3.05) is 23.0 Å². The van der Waals surface area contributed by atoms with Gasteiger partial charge in [-0.25, -0.2) is 8.42 Å².